The second-order valence-electron chi connectivity index (χ2n) is 4.99. The van der Waals surface area contributed by atoms with E-state index in [0.29, 0.717) is 22.6 Å². The van der Waals surface area contributed by atoms with Crippen molar-refractivity contribution in [2.24, 2.45) is 0 Å². The van der Waals surface area contributed by atoms with Crippen LogP contribution in [0, 0.1) is 0 Å². The van der Waals surface area contributed by atoms with E-state index in [1.165, 1.54) is 4.90 Å². The van der Waals surface area contributed by atoms with Crippen molar-refractivity contribution in [2.75, 3.05) is 26.4 Å². The van der Waals surface area contributed by atoms with E-state index in [1.807, 2.05) is 14.1 Å². The summed E-state index contributed by atoms with van der Waals surface area (Å²) in [7, 11) is 3.99. The molecule has 0 aliphatic carbocycles. The summed E-state index contributed by atoms with van der Waals surface area (Å²) < 4.78 is 1.54. The summed E-state index contributed by atoms with van der Waals surface area (Å²) >= 11 is 1.02. The summed E-state index contributed by atoms with van der Waals surface area (Å²) in [6.45, 7) is 1.24. The number of hydrogen-bond donors (Lipinski definition) is 1. The second-order valence-corrected chi connectivity index (χ2v) is 5.93. The molecule has 21 heavy (non-hydrogen) atoms. The number of nitrogens with one attached hydrogen (secondary N) is 1. The molecule has 0 saturated carbocycles. The fraction of sp³-hybridized carbons (Fsp3) is 0.357. The van der Waals surface area contributed by atoms with Gasteiger partial charge in [0.2, 0.25) is 0 Å². The highest BCUT2D eigenvalue weighted by Gasteiger charge is 2.12. The maximum atomic E-state index is 12.5. The first-order valence-electron chi connectivity index (χ1n) is 6.60. The number of thioether (sulfide) groups is 1. The second kappa shape index (κ2) is 6.73. The van der Waals surface area contributed by atoms with Crippen molar-refractivity contribution in [1.29, 1.82) is 0 Å². The lowest BCUT2D eigenvalue weighted by Crippen LogP contribution is -3.06. The molecule has 0 spiro atoms. The number of aliphatic carboxylic acids is 1. The molecule has 2 aromatic rings. The number of benzene rings is 1. The van der Waals surface area contributed by atoms with Crippen LogP contribution < -0.4 is 15.6 Å². The molecular weight excluding hydrogens is 290 g/mol. The minimum absolute atomic E-state index is 0.136. The van der Waals surface area contributed by atoms with Crippen LogP contribution in [-0.2, 0) is 11.3 Å². The SMILES string of the molecule is C[NH+](C)CCn1c(SCC(=O)[O-])nc2ccccc2c1=O. The Morgan fingerprint density at radius 2 is 2.10 bits per heavy atom. The Morgan fingerprint density at radius 1 is 1.38 bits per heavy atom. The van der Waals surface area contributed by atoms with Gasteiger partial charge in [-0.2, -0.15) is 0 Å². The van der Waals surface area contributed by atoms with Gasteiger partial charge in [0.25, 0.3) is 5.56 Å². The fourth-order valence-electron chi connectivity index (χ4n) is 1.91. The highest BCUT2D eigenvalue weighted by molar-refractivity contribution is 7.99. The Morgan fingerprint density at radius 3 is 2.76 bits per heavy atom. The molecule has 1 heterocycles. The van der Waals surface area contributed by atoms with Gasteiger partial charge < -0.3 is 14.8 Å². The van der Waals surface area contributed by atoms with Crippen LogP contribution in [0.5, 0.6) is 0 Å². The molecular formula is C14H17N3O3S. The molecule has 112 valence electrons. The molecule has 0 unspecified atom stereocenters. The van der Waals surface area contributed by atoms with E-state index in [-0.39, 0.29) is 11.3 Å². The van der Waals surface area contributed by atoms with Crippen LogP contribution in [0.15, 0.2) is 34.2 Å². The van der Waals surface area contributed by atoms with Crippen LogP contribution in [0.3, 0.4) is 0 Å². The van der Waals surface area contributed by atoms with Crippen molar-refractivity contribution >= 4 is 28.6 Å². The summed E-state index contributed by atoms with van der Waals surface area (Å²) in [5.41, 5.74) is 0.444. The zero-order chi connectivity index (χ0) is 15.4. The van der Waals surface area contributed by atoms with Gasteiger partial charge in [-0.3, -0.25) is 9.36 Å². The number of likely N-dealkylation sites (N-methyl/N-ethyl adjacent to an activating group) is 1. The van der Waals surface area contributed by atoms with E-state index in [0.717, 1.165) is 18.3 Å². The maximum absolute atomic E-state index is 12.5. The Labute approximate surface area is 126 Å². The molecule has 0 atom stereocenters. The normalized spacial score (nSPS) is 11.2. The van der Waals surface area contributed by atoms with Gasteiger partial charge in [-0.15, -0.1) is 0 Å². The largest absolute Gasteiger partial charge is 0.549 e. The van der Waals surface area contributed by atoms with Crippen LogP contribution in [0.25, 0.3) is 10.9 Å². The number of hydrogen-bond acceptors (Lipinski definition) is 5. The first kappa shape index (κ1) is 15.5. The number of carbonyl (C=O) groups excluding carboxylic acids is 1. The number of carboxylic acid groups (broad SMARTS) is 1. The van der Waals surface area contributed by atoms with Gasteiger partial charge in [-0.25, -0.2) is 4.98 Å². The first-order chi connectivity index (χ1) is 9.99. The minimum atomic E-state index is -1.17. The molecule has 1 aromatic heterocycles. The molecule has 2 rings (SSSR count). The third-order valence-electron chi connectivity index (χ3n) is 2.98. The lowest BCUT2D eigenvalue weighted by atomic mass is 10.2. The van der Waals surface area contributed by atoms with Crippen LogP contribution in [0.2, 0.25) is 0 Å². The van der Waals surface area contributed by atoms with E-state index < -0.39 is 5.97 Å². The van der Waals surface area contributed by atoms with Crippen molar-refractivity contribution in [3.8, 4) is 0 Å². The van der Waals surface area contributed by atoms with Gasteiger partial charge in [0.05, 0.1) is 44.1 Å². The van der Waals surface area contributed by atoms with Crippen molar-refractivity contribution in [1.82, 2.24) is 9.55 Å². The van der Waals surface area contributed by atoms with Crippen molar-refractivity contribution < 1.29 is 14.8 Å². The monoisotopic (exact) mass is 307 g/mol. The van der Waals surface area contributed by atoms with Crippen molar-refractivity contribution in [3.63, 3.8) is 0 Å². The molecule has 0 saturated heterocycles. The molecule has 0 amide bonds. The zero-order valence-corrected chi connectivity index (χ0v) is 12.8. The smallest absolute Gasteiger partial charge is 0.262 e. The molecule has 1 aromatic carbocycles. The van der Waals surface area contributed by atoms with E-state index >= 15 is 0 Å². The number of nitrogens with zero attached hydrogens (tertiary/aromatic N) is 2. The molecule has 0 radical (unpaired) electrons. The highest BCUT2D eigenvalue weighted by Crippen LogP contribution is 2.17. The molecule has 0 fully saturated rings. The Hall–Kier alpha value is -1.86. The van der Waals surface area contributed by atoms with E-state index in [2.05, 4.69) is 4.98 Å². The third-order valence-corrected chi connectivity index (χ3v) is 3.93. The minimum Gasteiger partial charge on any atom is -0.549 e. The van der Waals surface area contributed by atoms with Gasteiger partial charge in [0.15, 0.2) is 5.16 Å². The Bertz CT molecular complexity index is 712. The van der Waals surface area contributed by atoms with Gasteiger partial charge in [-0.05, 0) is 12.1 Å². The van der Waals surface area contributed by atoms with Crippen LogP contribution in [-0.4, -0.2) is 41.9 Å². The molecule has 6 nitrogen and oxygen atoms in total. The topological polar surface area (TPSA) is 79.5 Å². The highest BCUT2D eigenvalue weighted by atomic mass is 32.2. The zero-order valence-electron chi connectivity index (χ0n) is 12.0. The number of fused-ring (bicyclic) bond motifs is 1. The summed E-state index contributed by atoms with van der Waals surface area (Å²) in [6, 6.07) is 7.08. The quantitative estimate of drug-likeness (QED) is 0.513. The summed E-state index contributed by atoms with van der Waals surface area (Å²) in [6.07, 6.45) is 0. The molecule has 0 aliphatic rings. The summed E-state index contributed by atoms with van der Waals surface area (Å²) in [5.74, 6) is -1.40. The van der Waals surface area contributed by atoms with Gasteiger partial charge in [0.1, 0.15) is 0 Å². The van der Waals surface area contributed by atoms with E-state index in [4.69, 9.17) is 0 Å². The number of para-hydroxylation sites is 1. The molecule has 1 N–H and O–H groups in total. The predicted octanol–water partition coefficient (Wildman–Crippen LogP) is -1.62. The Kier molecular flexibility index (Phi) is 4.98. The van der Waals surface area contributed by atoms with Gasteiger partial charge in [-0.1, -0.05) is 23.9 Å². The number of carboxylic acids is 1. The van der Waals surface area contributed by atoms with Gasteiger partial charge in [0, 0.05) is 5.75 Å². The Balaban J connectivity index is 2.48. The molecule has 0 bridgehead atoms. The molecule has 0 aliphatic heterocycles. The van der Waals surface area contributed by atoms with E-state index in [1.54, 1.807) is 28.8 Å². The lowest BCUT2D eigenvalue weighted by molar-refractivity contribution is -0.859. The number of aromatic nitrogens is 2. The van der Waals surface area contributed by atoms with Crippen molar-refractivity contribution in [3.05, 3.63) is 34.6 Å². The van der Waals surface area contributed by atoms with Crippen LogP contribution >= 0.6 is 11.8 Å². The lowest BCUT2D eigenvalue weighted by Gasteiger charge is -2.14. The van der Waals surface area contributed by atoms with Crippen molar-refractivity contribution in [2.45, 2.75) is 11.7 Å². The summed E-state index contributed by atoms with van der Waals surface area (Å²) in [4.78, 5) is 28.8. The predicted molar refractivity (Wildman–Crippen MR) is 79.4 cm³/mol. The average Bonchev–Trinajstić information content (AvgIpc) is 2.44. The van der Waals surface area contributed by atoms with Crippen LogP contribution in [0.4, 0.5) is 0 Å². The standard InChI is InChI=1S/C14H17N3O3S/c1-16(2)7-8-17-13(20)10-5-3-4-6-11(10)15-14(17)21-9-12(18)19/h3-6H,7-9H2,1-2H3,(H,18,19). The molecule has 7 heteroatoms. The van der Waals surface area contributed by atoms with Crippen LogP contribution in [0.1, 0.15) is 0 Å². The summed E-state index contributed by atoms with van der Waals surface area (Å²) in [5, 5.41) is 11.6. The van der Waals surface area contributed by atoms with E-state index in [9.17, 15) is 14.7 Å². The maximum Gasteiger partial charge on any atom is 0.262 e. The number of rotatable bonds is 6. The third kappa shape index (κ3) is 3.83. The average molecular weight is 307 g/mol. The fourth-order valence-corrected chi connectivity index (χ4v) is 2.65. The number of carbonyl (C=O) groups is 1. The first-order valence-corrected chi connectivity index (χ1v) is 7.59. The number of quaternary nitrogens is 1. The van der Waals surface area contributed by atoms with Gasteiger partial charge >= 0.3 is 0 Å².